The van der Waals surface area contributed by atoms with Gasteiger partial charge in [0.25, 0.3) is 0 Å². The van der Waals surface area contributed by atoms with Gasteiger partial charge in [-0.1, -0.05) is 79.2 Å². The summed E-state index contributed by atoms with van der Waals surface area (Å²) in [5, 5.41) is 2.99. The fourth-order valence-electron chi connectivity index (χ4n) is 4.90. The first-order chi connectivity index (χ1) is 19.5. The van der Waals surface area contributed by atoms with Gasteiger partial charge >= 0.3 is 0 Å². The molecule has 0 fully saturated rings. The average molecular weight is 578 g/mol. The van der Waals surface area contributed by atoms with Gasteiger partial charge < -0.3 is 10.2 Å². The molecule has 7 nitrogen and oxygen atoms in total. The van der Waals surface area contributed by atoms with Gasteiger partial charge in [-0.25, -0.2) is 8.42 Å². The van der Waals surface area contributed by atoms with E-state index in [0.717, 1.165) is 34.2 Å². The van der Waals surface area contributed by atoms with E-state index in [1.54, 1.807) is 4.90 Å². The number of benzene rings is 3. The second-order valence-electron chi connectivity index (χ2n) is 10.7. The monoisotopic (exact) mass is 577 g/mol. The quantitative estimate of drug-likeness (QED) is 0.281. The number of aryl methyl sites for hydroxylation is 3. The molecule has 0 aliphatic rings. The summed E-state index contributed by atoms with van der Waals surface area (Å²) in [4.78, 5) is 29.1. The highest BCUT2D eigenvalue weighted by Crippen LogP contribution is 2.25. The average Bonchev–Trinajstić information content (AvgIpc) is 2.93. The number of hydrogen-bond donors (Lipinski definition) is 1. The Bertz CT molecular complexity index is 1420. The lowest BCUT2D eigenvalue weighted by Gasteiger charge is -2.32. The third kappa shape index (κ3) is 9.46. The van der Waals surface area contributed by atoms with Crippen molar-refractivity contribution in [3.05, 3.63) is 101 Å². The van der Waals surface area contributed by atoms with Crippen molar-refractivity contribution in [1.29, 1.82) is 0 Å². The molecule has 0 bridgehead atoms. The minimum atomic E-state index is -3.57. The van der Waals surface area contributed by atoms with E-state index in [0.29, 0.717) is 25.1 Å². The van der Waals surface area contributed by atoms with Crippen molar-refractivity contribution in [3.8, 4) is 0 Å². The molecule has 0 radical (unpaired) electrons. The Labute approximate surface area is 245 Å². The molecule has 0 heterocycles. The van der Waals surface area contributed by atoms with Crippen LogP contribution in [0.15, 0.2) is 72.8 Å². The summed E-state index contributed by atoms with van der Waals surface area (Å²) in [6, 6.07) is 22.6. The van der Waals surface area contributed by atoms with Crippen molar-refractivity contribution >= 4 is 27.5 Å². The number of hydrogen-bond acceptors (Lipinski definition) is 4. The van der Waals surface area contributed by atoms with E-state index in [-0.39, 0.29) is 31.3 Å². The Kier molecular flexibility index (Phi) is 11.5. The van der Waals surface area contributed by atoms with Crippen molar-refractivity contribution in [2.75, 3.05) is 23.7 Å². The molecular formula is C33H43N3O4S. The molecule has 0 aliphatic heterocycles. The van der Waals surface area contributed by atoms with Crippen LogP contribution in [-0.4, -0.2) is 50.5 Å². The molecule has 0 aliphatic carbocycles. The smallest absolute Gasteiger partial charge is 0.243 e. The number of nitrogens with one attached hydrogen (secondary N) is 1. The fourth-order valence-corrected chi connectivity index (χ4v) is 5.91. The van der Waals surface area contributed by atoms with Gasteiger partial charge in [-0.05, 0) is 61.9 Å². The van der Waals surface area contributed by atoms with Crippen molar-refractivity contribution in [1.82, 2.24) is 10.2 Å². The van der Waals surface area contributed by atoms with E-state index in [2.05, 4.69) is 5.32 Å². The minimum Gasteiger partial charge on any atom is -0.354 e. The Morgan fingerprint density at radius 1 is 0.878 bits per heavy atom. The van der Waals surface area contributed by atoms with E-state index >= 15 is 0 Å². The minimum absolute atomic E-state index is 0.106. The first-order valence-corrected chi connectivity index (χ1v) is 16.1. The van der Waals surface area contributed by atoms with Gasteiger partial charge in [0.1, 0.15) is 6.04 Å². The van der Waals surface area contributed by atoms with E-state index in [9.17, 15) is 18.0 Å². The molecule has 0 aromatic heterocycles. The topological polar surface area (TPSA) is 86.8 Å². The van der Waals surface area contributed by atoms with Crippen LogP contribution in [-0.2, 0) is 32.6 Å². The molecule has 3 aromatic rings. The number of amides is 2. The first-order valence-electron chi connectivity index (χ1n) is 14.2. The molecule has 220 valence electrons. The van der Waals surface area contributed by atoms with Gasteiger partial charge in [-0.15, -0.1) is 0 Å². The number of carbonyl (C=O) groups excluding carboxylic acids is 2. The third-order valence-electron chi connectivity index (χ3n) is 7.04. The summed E-state index contributed by atoms with van der Waals surface area (Å²) in [6.45, 7) is 8.76. The van der Waals surface area contributed by atoms with Crippen LogP contribution in [0.2, 0.25) is 0 Å². The molecule has 0 saturated carbocycles. The standard InChI is InChI=1S/C33H43N3O4S/c1-6-19-34-33(38)31(23-28-13-8-7-9-14-28)35(24-29-15-10-12-25(2)21-29)32(37)16-11-20-36(41(5,39)40)30-22-26(3)17-18-27(30)4/h7-10,12-15,17-18,21-22,31H,6,11,16,19-20,23-24H2,1-5H3,(H,34,38)/t31-/m1/s1. The predicted molar refractivity (Wildman–Crippen MR) is 166 cm³/mol. The number of anilines is 1. The van der Waals surface area contributed by atoms with Crippen molar-refractivity contribution in [2.45, 2.75) is 66.0 Å². The van der Waals surface area contributed by atoms with Crippen molar-refractivity contribution in [3.63, 3.8) is 0 Å². The van der Waals surface area contributed by atoms with Crippen LogP contribution in [0.1, 0.15) is 54.0 Å². The SMILES string of the molecule is CCCNC(=O)[C@@H](Cc1ccccc1)N(Cc1cccc(C)c1)C(=O)CCCN(c1cc(C)ccc1C)S(C)(=O)=O. The maximum atomic E-state index is 13.9. The molecule has 1 N–H and O–H groups in total. The van der Waals surface area contributed by atoms with Gasteiger partial charge in [0.2, 0.25) is 21.8 Å². The molecule has 0 unspecified atom stereocenters. The Morgan fingerprint density at radius 2 is 1.56 bits per heavy atom. The fraction of sp³-hybridized carbons (Fsp3) is 0.394. The van der Waals surface area contributed by atoms with E-state index in [1.165, 1.54) is 10.6 Å². The Morgan fingerprint density at radius 3 is 2.22 bits per heavy atom. The lowest BCUT2D eigenvalue weighted by Crippen LogP contribution is -2.50. The second-order valence-corrected chi connectivity index (χ2v) is 12.6. The zero-order valence-corrected chi connectivity index (χ0v) is 25.7. The van der Waals surface area contributed by atoms with Crippen LogP contribution in [0, 0.1) is 20.8 Å². The van der Waals surface area contributed by atoms with E-state index in [1.807, 2.05) is 100 Å². The predicted octanol–water partition coefficient (Wildman–Crippen LogP) is 5.32. The molecule has 0 spiro atoms. The molecule has 3 aromatic carbocycles. The zero-order valence-electron chi connectivity index (χ0n) is 24.9. The van der Waals surface area contributed by atoms with Gasteiger partial charge in [0, 0.05) is 32.5 Å². The maximum absolute atomic E-state index is 13.9. The summed E-state index contributed by atoms with van der Waals surface area (Å²) in [5.41, 5.74) is 5.40. The highest BCUT2D eigenvalue weighted by atomic mass is 32.2. The van der Waals surface area contributed by atoms with Gasteiger partial charge in [0.15, 0.2) is 0 Å². The molecule has 1 atom stereocenters. The van der Waals surface area contributed by atoms with Gasteiger partial charge in [-0.2, -0.15) is 0 Å². The number of sulfonamides is 1. The van der Waals surface area contributed by atoms with Gasteiger partial charge in [-0.3, -0.25) is 13.9 Å². The van der Waals surface area contributed by atoms with Crippen molar-refractivity contribution < 1.29 is 18.0 Å². The lowest BCUT2D eigenvalue weighted by molar-refractivity contribution is -0.141. The Hall–Kier alpha value is -3.65. The van der Waals surface area contributed by atoms with Crippen LogP contribution >= 0.6 is 0 Å². The summed E-state index contributed by atoms with van der Waals surface area (Å²) in [6.07, 6.45) is 2.78. The maximum Gasteiger partial charge on any atom is 0.243 e. The molecule has 41 heavy (non-hydrogen) atoms. The van der Waals surface area contributed by atoms with Crippen molar-refractivity contribution in [2.24, 2.45) is 0 Å². The zero-order chi connectivity index (χ0) is 30.0. The molecule has 0 saturated heterocycles. The molecule has 2 amide bonds. The van der Waals surface area contributed by atoms with Crippen LogP contribution < -0.4 is 9.62 Å². The van der Waals surface area contributed by atoms with Gasteiger partial charge in [0.05, 0.1) is 11.9 Å². The van der Waals surface area contributed by atoms with Crippen LogP contribution in [0.4, 0.5) is 5.69 Å². The number of carbonyl (C=O) groups is 2. The first kappa shape index (κ1) is 31.9. The van der Waals surface area contributed by atoms with E-state index in [4.69, 9.17) is 0 Å². The molecule has 8 heteroatoms. The second kappa shape index (κ2) is 14.8. The highest BCUT2D eigenvalue weighted by Gasteiger charge is 2.30. The summed E-state index contributed by atoms with van der Waals surface area (Å²) >= 11 is 0. The summed E-state index contributed by atoms with van der Waals surface area (Å²) < 4.78 is 26.9. The van der Waals surface area contributed by atoms with Crippen LogP contribution in [0.3, 0.4) is 0 Å². The van der Waals surface area contributed by atoms with Crippen LogP contribution in [0.25, 0.3) is 0 Å². The number of nitrogens with zero attached hydrogens (tertiary/aromatic N) is 2. The lowest BCUT2D eigenvalue weighted by atomic mass is 10.0. The summed E-state index contributed by atoms with van der Waals surface area (Å²) in [7, 11) is -3.57. The highest BCUT2D eigenvalue weighted by molar-refractivity contribution is 7.92. The molecule has 3 rings (SSSR count). The summed E-state index contributed by atoms with van der Waals surface area (Å²) in [5.74, 6) is -0.377. The normalized spacial score (nSPS) is 12.0. The Balaban J connectivity index is 1.89. The third-order valence-corrected chi connectivity index (χ3v) is 8.22. The van der Waals surface area contributed by atoms with Crippen LogP contribution in [0.5, 0.6) is 0 Å². The molecular weight excluding hydrogens is 534 g/mol. The van der Waals surface area contributed by atoms with E-state index < -0.39 is 16.1 Å². The number of rotatable bonds is 14. The largest absolute Gasteiger partial charge is 0.354 e.